The monoisotopic (exact) mass is 537 g/mol. The lowest BCUT2D eigenvalue weighted by Crippen LogP contribution is -2.51. The van der Waals surface area contributed by atoms with Gasteiger partial charge in [0, 0.05) is 50.3 Å². The van der Waals surface area contributed by atoms with E-state index in [-0.39, 0.29) is 35.3 Å². The number of amides is 2. The van der Waals surface area contributed by atoms with Crippen LogP contribution in [0.2, 0.25) is 0 Å². The van der Waals surface area contributed by atoms with Gasteiger partial charge in [0.15, 0.2) is 5.78 Å². The Bertz CT molecular complexity index is 1460. The molecule has 0 bridgehead atoms. The van der Waals surface area contributed by atoms with Gasteiger partial charge < -0.3 is 19.9 Å². The summed E-state index contributed by atoms with van der Waals surface area (Å²) in [5.74, 6) is -0.714. The lowest BCUT2D eigenvalue weighted by molar-refractivity contribution is -0.134. The number of carbonyl (C=O) groups excluding carboxylic acids is 4. The maximum absolute atomic E-state index is 14.1. The Hall–Kier alpha value is -4.46. The van der Waals surface area contributed by atoms with Crippen molar-refractivity contribution in [1.82, 2.24) is 9.80 Å². The SMILES string of the molecule is CC(=O)Oc1cccc2c1C(=O)C(c1ccc(C(=O)N3CCN(C(=O)C4CC4)CC3)cc1)C(c1ccccc1)N2. The number of hydrogen-bond acceptors (Lipinski definition) is 6. The Morgan fingerprint density at radius 2 is 1.48 bits per heavy atom. The summed E-state index contributed by atoms with van der Waals surface area (Å²) in [5.41, 5.74) is 3.20. The fraction of sp³-hybridized carbons (Fsp3) is 0.312. The Morgan fingerprint density at radius 1 is 0.800 bits per heavy atom. The Kier molecular flexibility index (Phi) is 6.84. The molecular weight excluding hydrogens is 506 g/mol. The van der Waals surface area contributed by atoms with Crippen molar-refractivity contribution in [2.24, 2.45) is 5.92 Å². The highest BCUT2D eigenvalue weighted by Crippen LogP contribution is 2.45. The van der Waals surface area contributed by atoms with E-state index in [1.807, 2.05) is 53.4 Å². The molecule has 2 fully saturated rings. The molecule has 0 aromatic heterocycles. The van der Waals surface area contributed by atoms with Gasteiger partial charge in [0.25, 0.3) is 5.91 Å². The summed E-state index contributed by atoms with van der Waals surface area (Å²) in [4.78, 5) is 55.1. The number of ketones is 1. The van der Waals surface area contributed by atoms with Gasteiger partial charge in [-0.25, -0.2) is 0 Å². The highest BCUT2D eigenvalue weighted by molar-refractivity contribution is 6.10. The summed E-state index contributed by atoms with van der Waals surface area (Å²) in [6.07, 6.45) is 1.95. The van der Waals surface area contributed by atoms with Crippen LogP contribution < -0.4 is 10.1 Å². The topological polar surface area (TPSA) is 96.0 Å². The molecule has 2 atom stereocenters. The summed E-state index contributed by atoms with van der Waals surface area (Å²) in [6.45, 7) is 3.45. The van der Waals surface area contributed by atoms with E-state index in [0.717, 1.165) is 24.0 Å². The third-order valence-electron chi connectivity index (χ3n) is 7.93. The van der Waals surface area contributed by atoms with Crippen LogP contribution in [0.15, 0.2) is 72.8 Å². The third kappa shape index (κ3) is 4.97. The van der Waals surface area contributed by atoms with E-state index in [9.17, 15) is 19.2 Å². The predicted molar refractivity (Wildman–Crippen MR) is 149 cm³/mol. The van der Waals surface area contributed by atoms with Gasteiger partial charge in [0.1, 0.15) is 5.75 Å². The average molecular weight is 538 g/mol. The minimum atomic E-state index is -0.604. The molecular formula is C32H31N3O5. The predicted octanol–water partition coefficient (Wildman–Crippen LogP) is 4.44. The molecule has 1 saturated carbocycles. The minimum Gasteiger partial charge on any atom is -0.426 e. The average Bonchev–Trinajstić information content (AvgIpc) is 3.83. The Morgan fingerprint density at radius 3 is 2.12 bits per heavy atom. The molecule has 2 amide bonds. The van der Waals surface area contributed by atoms with Crippen molar-refractivity contribution in [3.05, 3.63) is 95.1 Å². The van der Waals surface area contributed by atoms with Crippen LogP contribution in [0.25, 0.3) is 0 Å². The van der Waals surface area contributed by atoms with E-state index >= 15 is 0 Å². The van der Waals surface area contributed by atoms with Crippen molar-refractivity contribution in [2.45, 2.75) is 31.7 Å². The van der Waals surface area contributed by atoms with Gasteiger partial charge in [-0.15, -0.1) is 0 Å². The molecule has 6 rings (SSSR count). The van der Waals surface area contributed by atoms with E-state index in [1.54, 1.807) is 29.2 Å². The number of hydrogen-bond donors (Lipinski definition) is 1. The molecule has 1 saturated heterocycles. The van der Waals surface area contributed by atoms with Gasteiger partial charge in [-0.2, -0.15) is 0 Å². The van der Waals surface area contributed by atoms with E-state index < -0.39 is 11.9 Å². The first kappa shape index (κ1) is 25.8. The molecule has 3 aromatic carbocycles. The Labute approximate surface area is 232 Å². The first-order chi connectivity index (χ1) is 19.4. The first-order valence-corrected chi connectivity index (χ1v) is 13.8. The summed E-state index contributed by atoms with van der Waals surface area (Å²) >= 11 is 0. The molecule has 204 valence electrons. The molecule has 3 aliphatic rings. The highest BCUT2D eigenvalue weighted by atomic mass is 16.5. The van der Waals surface area contributed by atoms with Gasteiger partial charge in [0.2, 0.25) is 5.91 Å². The summed E-state index contributed by atoms with van der Waals surface area (Å²) in [5, 5.41) is 3.50. The number of fused-ring (bicyclic) bond motifs is 1. The van der Waals surface area contributed by atoms with Crippen molar-refractivity contribution in [3.63, 3.8) is 0 Å². The van der Waals surface area contributed by atoms with Crippen molar-refractivity contribution in [1.29, 1.82) is 0 Å². The number of piperazine rings is 1. The number of rotatable bonds is 5. The van der Waals surface area contributed by atoms with Gasteiger partial charge in [-0.3, -0.25) is 19.2 Å². The zero-order chi connectivity index (χ0) is 27.8. The number of anilines is 1. The number of esters is 1. The quantitative estimate of drug-likeness (QED) is 0.382. The second-order valence-corrected chi connectivity index (χ2v) is 10.7. The largest absolute Gasteiger partial charge is 0.426 e. The molecule has 0 spiro atoms. The van der Waals surface area contributed by atoms with Crippen LogP contribution in [-0.4, -0.2) is 59.5 Å². The summed E-state index contributed by atoms with van der Waals surface area (Å²) < 4.78 is 5.39. The molecule has 8 heteroatoms. The number of nitrogens with one attached hydrogen (secondary N) is 1. The summed E-state index contributed by atoms with van der Waals surface area (Å²) in [7, 11) is 0. The van der Waals surface area contributed by atoms with Crippen molar-refractivity contribution >= 4 is 29.3 Å². The Balaban J connectivity index is 1.26. The molecule has 1 N–H and O–H groups in total. The smallest absolute Gasteiger partial charge is 0.308 e. The van der Waals surface area contributed by atoms with Crippen LogP contribution in [0.3, 0.4) is 0 Å². The summed E-state index contributed by atoms with van der Waals surface area (Å²) in [6, 6.07) is 21.8. The van der Waals surface area contributed by atoms with Crippen LogP contribution in [-0.2, 0) is 9.59 Å². The number of nitrogens with zero attached hydrogens (tertiary/aromatic N) is 2. The maximum Gasteiger partial charge on any atom is 0.308 e. The van der Waals surface area contributed by atoms with E-state index in [0.29, 0.717) is 43.0 Å². The third-order valence-corrected chi connectivity index (χ3v) is 7.93. The second kappa shape index (κ2) is 10.6. The second-order valence-electron chi connectivity index (χ2n) is 10.7. The van der Waals surface area contributed by atoms with E-state index in [1.165, 1.54) is 6.92 Å². The molecule has 40 heavy (non-hydrogen) atoms. The molecule has 0 radical (unpaired) electrons. The minimum absolute atomic E-state index is 0.0831. The van der Waals surface area contributed by atoms with Crippen LogP contribution in [0, 0.1) is 5.92 Å². The normalized spacial score (nSPS) is 20.4. The first-order valence-electron chi connectivity index (χ1n) is 13.8. The van der Waals surface area contributed by atoms with Crippen LogP contribution in [0.5, 0.6) is 5.75 Å². The molecule has 3 aromatic rings. The lowest BCUT2D eigenvalue weighted by Gasteiger charge is -2.35. The molecule has 2 unspecified atom stereocenters. The molecule has 2 aliphatic heterocycles. The van der Waals surface area contributed by atoms with Crippen LogP contribution in [0.4, 0.5) is 5.69 Å². The van der Waals surface area contributed by atoms with Gasteiger partial charge in [-0.1, -0.05) is 48.5 Å². The van der Waals surface area contributed by atoms with Crippen LogP contribution in [0.1, 0.15) is 63.6 Å². The van der Waals surface area contributed by atoms with Gasteiger partial charge in [-0.05, 0) is 48.2 Å². The fourth-order valence-electron chi connectivity index (χ4n) is 5.72. The molecule has 1 aliphatic carbocycles. The lowest BCUT2D eigenvalue weighted by atomic mass is 9.78. The fourth-order valence-corrected chi connectivity index (χ4v) is 5.72. The van der Waals surface area contributed by atoms with Gasteiger partial charge >= 0.3 is 5.97 Å². The standard InChI is InChI=1S/C32H31N3O5/c1-20(36)40-26-9-5-8-25-28(26)30(37)27(29(33-25)22-6-3-2-4-7-22)21-10-12-23(13-11-21)31(38)34-16-18-35(19-17-34)32(39)24-14-15-24/h2-13,24,27,29,33H,14-19H2,1H3. The van der Waals surface area contributed by atoms with Gasteiger partial charge in [0.05, 0.1) is 17.5 Å². The van der Waals surface area contributed by atoms with Crippen LogP contribution >= 0.6 is 0 Å². The van der Waals surface area contributed by atoms with Crippen molar-refractivity contribution in [3.8, 4) is 5.75 Å². The molecule has 8 nitrogen and oxygen atoms in total. The number of benzene rings is 3. The number of ether oxygens (including phenoxy) is 1. The maximum atomic E-state index is 14.1. The van der Waals surface area contributed by atoms with E-state index in [2.05, 4.69) is 5.32 Å². The molecule has 2 heterocycles. The van der Waals surface area contributed by atoms with E-state index in [4.69, 9.17) is 4.74 Å². The number of Topliss-reactive ketones (excluding diaryl/α,β-unsaturated/α-hetero) is 1. The zero-order valence-electron chi connectivity index (χ0n) is 22.3. The zero-order valence-corrected chi connectivity index (χ0v) is 22.3. The number of carbonyl (C=O) groups is 4. The van der Waals surface area contributed by atoms with Crippen molar-refractivity contribution in [2.75, 3.05) is 31.5 Å². The highest BCUT2D eigenvalue weighted by Gasteiger charge is 2.40. The van der Waals surface area contributed by atoms with Crippen molar-refractivity contribution < 1.29 is 23.9 Å².